The molecule has 2 aromatic carbocycles. The van der Waals surface area contributed by atoms with Crippen LogP contribution in [0.3, 0.4) is 0 Å². The fourth-order valence-electron chi connectivity index (χ4n) is 2.21. The van der Waals surface area contributed by atoms with Gasteiger partial charge in [-0.25, -0.2) is 9.37 Å². The van der Waals surface area contributed by atoms with Gasteiger partial charge in [0, 0.05) is 15.8 Å². The van der Waals surface area contributed by atoms with Crippen LogP contribution in [0.4, 0.5) is 4.39 Å². The van der Waals surface area contributed by atoms with Crippen LogP contribution in [0.1, 0.15) is 20.9 Å². The molecule has 1 N–H and O–H groups in total. The standard InChI is InChI=1S/C16H13FN2OS/c1-10-15(21-9-19-10)8-18-16(20)13-6-7-14(17)12-5-3-2-4-11(12)13/h2-7,9H,8H2,1H3,(H,18,20). The van der Waals surface area contributed by atoms with E-state index in [0.717, 1.165) is 10.6 Å². The number of thiazole rings is 1. The zero-order chi connectivity index (χ0) is 14.8. The van der Waals surface area contributed by atoms with Gasteiger partial charge in [-0.1, -0.05) is 24.3 Å². The summed E-state index contributed by atoms with van der Waals surface area (Å²) < 4.78 is 13.8. The number of aryl methyl sites for hydroxylation is 1. The van der Waals surface area contributed by atoms with Gasteiger partial charge in [0.25, 0.3) is 5.91 Å². The first kappa shape index (κ1) is 13.7. The molecule has 106 valence electrons. The summed E-state index contributed by atoms with van der Waals surface area (Å²) in [5, 5.41) is 3.94. The van der Waals surface area contributed by atoms with E-state index < -0.39 is 0 Å². The summed E-state index contributed by atoms with van der Waals surface area (Å²) in [4.78, 5) is 17.5. The lowest BCUT2D eigenvalue weighted by Crippen LogP contribution is -2.23. The average Bonchev–Trinajstić information content (AvgIpc) is 2.91. The van der Waals surface area contributed by atoms with Crippen molar-refractivity contribution in [3.8, 4) is 0 Å². The SMILES string of the molecule is Cc1ncsc1CNC(=O)c1ccc(F)c2ccccc12. The fraction of sp³-hybridized carbons (Fsp3) is 0.125. The Hall–Kier alpha value is -2.27. The number of amides is 1. The second-order valence-corrected chi connectivity index (χ2v) is 5.62. The van der Waals surface area contributed by atoms with Gasteiger partial charge in [0.2, 0.25) is 0 Å². The lowest BCUT2D eigenvalue weighted by Gasteiger charge is -2.08. The quantitative estimate of drug-likeness (QED) is 0.802. The third-order valence-electron chi connectivity index (χ3n) is 3.37. The van der Waals surface area contributed by atoms with Crippen LogP contribution in [-0.2, 0) is 6.54 Å². The Bertz CT molecular complexity index is 813. The van der Waals surface area contributed by atoms with Gasteiger partial charge in [-0.2, -0.15) is 0 Å². The number of benzene rings is 2. The highest BCUT2D eigenvalue weighted by molar-refractivity contribution is 7.09. The Balaban J connectivity index is 1.88. The molecule has 0 aliphatic carbocycles. The van der Waals surface area contributed by atoms with E-state index in [0.29, 0.717) is 22.9 Å². The molecule has 0 aliphatic rings. The summed E-state index contributed by atoms with van der Waals surface area (Å²) in [5.74, 6) is -0.528. The molecule has 0 saturated carbocycles. The highest BCUT2D eigenvalue weighted by atomic mass is 32.1. The van der Waals surface area contributed by atoms with Crippen LogP contribution in [0, 0.1) is 12.7 Å². The predicted molar refractivity (Wildman–Crippen MR) is 81.9 cm³/mol. The van der Waals surface area contributed by atoms with E-state index in [-0.39, 0.29) is 11.7 Å². The fourth-order valence-corrected chi connectivity index (χ4v) is 2.93. The largest absolute Gasteiger partial charge is 0.347 e. The molecule has 0 fully saturated rings. The number of nitrogens with zero attached hydrogens (tertiary/aromatic N) is 1. The van der Waals surface area contributed by atoms with Crippen LogP contribution in [0.15, 0.2) is 41.9 Å². The van der Waals surface area contributed by atoms with Crippen molar-refractivity contribution in [2.24, 2.45) is 0 Å². The number of hydrogen-bond donors (Lipinski definition) is 1. The number of carbonyl (C=O) groups is 1. The molecule has 0 spiro atoms. The van der Waals surface area contributed by atoms with Gasteiger partial charge in [0.1, 0.15) is 5.82 Å². The van der Waals surface area contributed by atoms with Crippen LogP contribution in [0.25, 0.3) is 10.8 Å². The molecule has 1 amide bonds. The Kier molecular flexibility index (Phi) is 3.66. The molecule has 0 radical (unpaired) electrons. The normalized spacial score (nSPS) is 10.8. The summed E-state index contributed by atoms with van der Waals surface area (Å²) in [6, 6.07) is 9.83. The maximum absolute atomic E-state index is 13.8. The van der Waals surface area contributed by atoms with Crippen molar-refractivity contribution in [1.29, 1.82) is 0 Å². The second kappa shape index (κ2) is 5.61. The van der Waals surface area contributed by atoms with E-state index in [1.165, 1.54) is 23.5 Å². The molecule has 0 bridgehead atoms. The first-order chi connectivity index (χ1) is 10.2. The molecule has 0 unspecified atom stereocenters. The molecular formula is C16H13FN2OS. The molecular weight excluding hydrogens is 287 g/mol. The maximum atomic E-state index is 13.8. The van der Waals surface area contributed by atoms with Gasteiger partial charge in [0.15, 0.2) is 0 Å². The number of hydrogen-bond acceptors (Lipinski definition) is 3. The molecule has 3 aromatic rings. The van der Waals surface area contributed by atoms with Crippen LogP contribution < -0.4 is 5.32 Å². The van der Waals surface area contributed by atoms with Gasteiger partial charge in [-0.3, -0.25) is 4.79 Å². The first-order valence-corrected chi connectivity index (χ1v) is 7.39. The molecule has 3 nitrogen and oxygen atoms in total. The summed E-state index contributed by atoms with van der Waals surface area (Å²) in [7, 11) is 0. The highest BCUT2D eigenvalue weighted by Gasteiger charge is 2.12. The molecule has 0 saturated heterocycles. The molecule has 0 aliphatic heterocycles. The lowest BCUT2D eigenvalue weighted by atomic mass is 10.0. The van der Waals surface area contributed by atoms with Crippen LogP contribution in [0.2, 0.25) is 0 Å². The second-order valence-electron chi connectivity index (χ2n) is 4.68. The summed E-state index contributed by atoms with van der Waals surface area (Å²) in [5.41, 5.74) is 3.16. The van der Waals surface area contributed by atoms with E-state index in [9.17, 15) is 9.18 Å². The topological polar surface area (TPSA) is 42.0 Å². The zero-order valence-corrected chi connectivity index (χ0v) is 12.2. The Labute approximate surface area is 125 Å². The number of fused-ring (bicyclic) bond motifs is 1. The summed E-state index contributed by atoms with van der Waals surface area (Å²) in [6.45, 7) is 2.34. The molecule has 1 aromatic heterocycles. The number of aromatic nitrogens is 1. The van der Waals surface area contributed by atoms with Crippen molar-refractivity contribution in [3.05, 3.63) is 63.9 Å². The number of halogens is 1. The Morgan fingerprint density at radius 2 is 2.00 bits per heavy atom. The summed E-state index contributed by atoms with van der Waals surface area (Å²) in [6.07, 6.45) is 0. The van der Waals surface area contributed by atoms with Gasteiger partial charge >= 0.3 is 0 Å². The van der Waals surface area contributed by atoms with Crippen LogP contribution >= 0.6 is 11.3 Å². The van der Waals surface area contributed by atoms with Crippen LogP contribution in [0.5, 0.6) is 0 Å². The Morgan fingerprint density at radius 3 is 2.71 bits per heavy atom. The molecule has 3 rings (SSSR count). The first-order valence-electron chi connectivity index (χ1n) is 6.51. The average molecular weight is 300 g/mol. The number of nitrogens with one attached hydrogen (secondary N) is 1. The number of carbonyl (C=O) groups excluding carboxylic acids is 1. The van der Waals surface area contributed by atoms with Gasteiger partial charge in [0.05, 0.1) is 17.7 Å². The molecule has 1 heterocycles. The predicted octanol–water partition coefficient (Wildman–Crippen LogP) is 3.67. The minimum atomic E-state index is -0.319. The van der Waals surface area contributed by atoms with E-state index in [2.05, 4.69) is 10.3 Å². The maximum Gasteiger partial charge on any atom is 0.252 e. The van der Waals surface area contributed by atoms with Crippen LogP contribution in [-0.4, -0.2) is 10.9 Å². The summed E-state index contributed by atoms with van der Waals surface area (Å²) >= 11 is 1.51. The highest BCUT2D eigenvalue weighted by Crippen LogP contribution is 2.22. The van der Waals surface area contributed by atoms with Crippen molar-refractivity contribution >= 4 is 28.0 Å². The Morgan fingerprint density at radius 1 is 1.24 bits per heavy atom. The van der Waals surface area contributed by atoms with E-state index in [1.54, 1.807) is 29.8 Å². The van der Waals surface area contributed by atoms with E-state index >= 15 is 0 Å². The molecule has 21 heavy (non-hydrogen) atoms. The van der Waals surface area contributed by atoms with Crippen molar-refractivity contribution < 1.29 is 9.18 Å². The zero-order valence-electron chi connectivity index (χ0n) is 11.4. The molecule has 5 heteroatoms. The van der Waals surface area contributed by atoms with Crippen molar-refractivity contribution in [1.82, 2.24) is 10.3 Å². The third-order valence-corrected chi connectivity index (χ3v) is 4.30. The third kappa shape index (κ3) is 2.64. The smallest absolute Gasteiger partial charge is 0.252 e. The monoisotopic (exact) mass is 300 g/mol. The van der Waals surface area contributed by atoms with Gasteiger partial charge in [-0.15, -0.1) is 11.3 Å². The van der Waals surface area contributed by atoms with Crippen molar-refractivity contribution in [2.45, 2.75) is 13.5 Å². The molecule has 0 atom stereocenters. The number of rotatable bonds is 3. The van der Waals surface area contributed by atoms with Crippen molar-refractivity contribution in [2.75, 3.05) is 0 Å². The van der Waals surface area contributed by atoms with Gasteiger partial charge < -0.3 is 5.32 Å². The minimum Gasteiger partial charge on any atom is -0.347 e. The van der Waals surface area contributed by atoms with Crippen molar-refractivity contribution in [3.63, 3.8) is 0 Å². The van der Waals surface area contributed by atoms with E-state index in [4.69, 9.17) is 0 Å². The minimum absolute atomic E-state index is 0.209. The lowest BCUT2D eigenvalue weighted by molar-refractivity contribution is 0.0953. The van der Waals surface area contributed by atoms with Gasteiger partial charge in [-0.05, 0) is 24.4 Å². The van der Waals surface area contributed by atoms with E-state index in [1.807, 2.05) is 6.92 Å².